The van der Waals surface area contributed by atoms with Crippen molar-refractivity contribution in [2.24, 2.45) is 0 Å². The van der Waals surface area contributed by atoms with Crippen LogP contribution in [0.4, 0.5) is 11.4 Å². The van der Waals surface area contributed by atoms with Gasteiger partial charge in [-0.25, -0.2) is 0 Å². The molecule has 1 rings (SSSR count). The summed E-state index contributed by atoms with van der Waals surface area (Å²) in [5.74, 6) is -0.816. The van der Waals surface area contributed by atoms with Crippen molar-refractivity contribution in [1.29, 1.82) is 0 Å². The molecule has 132 valence electrons. The van der Waals surface area contributed by atoms with E-state index in [4.69, 9.17) is 9.47 Å². The summed E-state index contributed by atoms with van der Waals surface area (Å²) >= 11 is 0. The molecular formula is C16H22N2O6. The first-order valence-electron chi connectivity index (χ1n) is 7.53. The summed E-state index contributed by atoms with van der Waals surface area (Å²) in [4.78, 5) is 34.4. The van der Waals surface area contributed by atoms with Crippen LogP contribution in [-0.2, 0) is 19.1 Å². The fourth-order valence-electron chi connectivity index (χ4n) is 2.35. The predicted octanol–water partition coefficient (Wildman–Crippen LogP) is 2.30. The van der Waals surface area contributed by atoms with Gasteiger partial charge >= 0.3 is 11.9 Å². The summed E-state index contributed by atoms with van der Waals surface area (Å²) in [5.41, 5.74) is 0.542. The molecule has 0 saturated heterocycles. The number of benzene rings is 1. The first kappa shape index (κ1) is 19.4. The number of nitro benzene ring substituents is 1. The van der Waals surface area contributed by atoms with Gasteiger partial charge in [-0.1, -0.05) is 6.07 Å². The number of hydrogen-bond donors (Lipinski definition) is 0. The summed E-state index contributed by atoms with van der Waals surface area (Å²) in [6, 6.07) is 6.12. The lowest BCUT2D eigenvalue weighted by Gasteiger charge is -2.29. The Bertz CT molecular complexity index is 580. The van der Waals surface area contributed by atoms with Crippen LogP contribution in [0.1, 0.15) is 27.7 Å². The third-order valence-electron chi connectivity index (χ3n) is 3.09. The molecule has 0 amide bonds. The van der Waals surface area contributed by atoms with Crippen molar-refractivity contribution in [3.8, 4) is 0 Å². The Hall–Kier alpha value is -2.64. The molecule has 0 radical (unpaired) electrons. The maximum atomic E-state index is 11.1. The molecule has 0 aliphatic heterocycles. The highest BCUT2D eigenvalue weighted by Crippen LogP contribution is 2.22. The minimum Gasteiger partial charge on any atom is -0.461 e. The average Bonchev–Trinajstić information content (AvgIpc) is 2.44. The Morgan fingerprint density at radius 2 is 1.62 bits per heavy atom. The zero-order valence-corrected chi connectivity index (χ0v) is 14.2. The second kappa shape index (κ2) is 8.85. The quantitative estimate of drug-likeness (QED) is 0.407. The first-order valence-corrected chi connectivity index (χ1v) is 7.53. The van der Waals surface area contributed by atoms with Crippen LogP contribution in [0.5, 0.6) is 0 Å². The smallest absolute Gasteiger partial charge is 0.302 e. The number of ether oxygens (including phenoxy) is 2. The number of non-ortho nitro benzene ring substituents is 1. The van der Waals surface area contributed by atoms with Gasteiger partial charge in [0.1, 0.15) is 12.2 Å². The van der Waals surface area contributed by atoms with Gasteiger partial charge in [-0.15, -0.1) is 0 Å². The molecule has 0 bridgehead atoms. The number of rotatable bonds is 8. The van der Waals surface area contributed by atoms with Crippen molar-refractivity contribution in [2.45, 2.75) is 39.9 Å². The highest BCUT2D eigenvalue weighted by molar-refractivity contribution is 5.66. The van der Waals surface area contributed by atoms with E-state index in [1.54, 1.807) is 30.9 Å². The number of carbonyl (C=O) groups excluding carboxylic acids is 2. The lowest BCUT2D eigenvalue weighted by molar-refractivity contribution is -0.384. The van der Waals surface area contributed by atoms with Crippen molar-refractivity contribution >= 4 is 23.3 Å². The molecule has 0 aromatic heterocycles. The van der Waals surface area contributed by atoms with Gasteiger partial charge in [0.2, 0.25) is 0 Å². The molecule has 0 aliphatic rings. The highest BCUT2D eigenvalue weighted by atomic mass is 16.6. The van der Waals surface area contributed by atoms with E-state index in [1.807, 2.05) is 0 Å². The normalized spacial score (nSPS) is 12.8. The van der Waals surface area contributed by atoms with E-state index >= 15 is 0 Å². The van der Waals surface area contributed by atoms with Crippen LogP contribution < -0.4 is 4.90 Å². The standard InChI is InChI=1S/C16H22N2O6/c1-11(23-13(3)19)9-17(10-12(2)24-14(4)20)15-6-5-7-16(8-15)18(21)22/h5-8,11-12H,9-10H2,1-4H3. The molecule has 0 heterocycles. The molecule has 0 saturated carbocycles. The fourth-order valence-corrected chi connectivity index (χ4v) is 2.35. The Kier molecular flexibility index (Phi) is 7.16. The number of anilines is 1. The summed E-state index contributed by atoms with van der Waals surface area (Å²) in [5, 5.41) is 11.0. The van der Waals surface area contributed by atoms with Crippen LogP contribution >= 0.6 is 0 Å². The topological polar surface area (TPSA) is 99.0 Å². The Labute approximate surface area is 140 Å². The number of carbonyl (C=O) groups is 2. The average molecular weight is 338 g/mol. The van der Waals surface area contributed by atoms with E-state index in [0.717, 1.165) is 0 Å². The fraction of sp³-hybridized carbons (Fsp3) is 0.500. The molecule has 0 fully saturated rings. The molecule has 2 atom stereocenters. The van der Waals surface area contributed by atoms with Crippen molar-refractivity contribution in [3.63, 3.8) is 0 Å². The van der Waals surface area contributed by atoms with E-state index in [2.05, 4.69) is 0 Å². The van der Waals surface area contributed by atoms with E-state index in [0.29, 0.717) is 18.8 Å². The molecule has 8 nitrogen and oxygen atoms in total. The second-order valence-corrected chi connectivity index (χ2v) is 5.52. The van der Waals surface area contributed by atoms with Gasteiger partial charge in [0, 0.05) is 31.7 Å². The highest BCUT2D eigenvalue weighted by Gasteiger charge is 2.19. The van der Waals surface area contributed by atoms with E-state index < -0.39 is 29.1 Å². The van der Waals surface area contributed by atoms with Crippen LogP contribution in [0, 0.1) is 10.1 Å². The monoisotopic (exact) mass is 338 g/mol. The summed E-state index contributed by atoms with van der Waals surface area (Å²) in [6.45, 7) is 6.70. The zero-order chi connectivity index (χ0) is 18.3. The minimum absolute atomic E-state index is 0.0437. The molecule has 0 spiro atoms. The van der Waals surface area contributed by atoms with Gasteiger partial charge in [-0.05, 0) is 19.9 Å². The van der Waals surface area contributed by atoms with Gasteiger partial charge < -0.3 is 14.4 Å². The van der Waals surface area contributed by atoms with Crippen LogP contribution in [-0.4, -0.2) is 42.2 Å². The minimum atomic E-state index is -0.479. The van der Waals surface area contributed by atoms with Gasteiger partial charge in [-0.2, -0.15) is 0 Å². The number of hydrogen-bond acceptors (Lipinski definition) is 7. The zero-order valence-electron chi connectivity index (χ0n) is 14.2. The van der Waals surface area contributed by atoms with Gasteiger partial charge in [-0.3, -0.25) is 19.7 Å². The molecule has 2 unspecified atom stereocenters. The van der Waals surface area contributed by atoms with E-state index in [-0.39, 0.29) is 5.69 Å². The SMILES string of the molecule is CC(=O)OC(C)CN(CC(C)OC(C)=O)c1cccc([N+](=O)[O-])c1. The predicted molar refractivity (Wildman–Crippen MR) is 87.8 cm³/mol. The van der Waals surface area contributed by atoms with Gasteiger partial charge in [0.25, 0.3) is 5.69 Å². The number of nitro groups is 1. The third-order valence-corrected chi connectivity index (χ3v) is 3.09. The van der Waals surface area contributed by atoms with Crippen molar-refractivity contribution in [1.82, 2.24) is 0 Å². The molecule has 0 N–H and O–H groups in total. The van der Waals surface area contributed by atoms with Gasteiger partial charge in [0.05, 0.1) is 18.0 Å². The molecular weight excluding hydrogens is 316 g/mol. The Morgan fingerprint density at radius 3 is 2.04 bits per heavy atom. The summed E-state index contributed by atoms with van der Waals surface area (Å²) in [7, 11) is 0. The molecule has 1 aromatic carbocycles. The summed E-state index contributed by atoms with van der Waals surface area (Å²) in [6.07, 6.45) is -0.849. The van der Waals surface area contributed by atoms with Crippen LogP contribution in [0.25, 0.3) is 0 Å². The van der Waals surface area contributed by atoms with Crippen LogP contribution in [0.2, 0.25) is 0 Å². The molecule has 8 heteroatoms. The number of esters is 2. The Morgan fingerprint density at radius 1 is 1.12 bits per heavy atom. The number of nitrogens with zero attached hydrogens (tertiary/aromatic N) is 2. The summed E-state index contributed by atoms with van der Waals surface area (Å²) < 4.78 is 10.2. The second-order valence-electron chi connectivity index (χ2n) is 5.52. The van der Waals surface area contributed by atoms with E-state index in [9.17, 15) is 19.7 Å². The van der Waals surface area contributed by atoms with E-state index in [1.165, 1.54) is 26.0 Å². The molecule has 24 heavy (non-hydrogen) atoms. The van der Waals surface area contributed by atoms with Crippen molar-refractivity contribution in [2.75, 3.05) is 18.0 Å². The third kappa shape index (κ3) is 6.64. The maximum absolute atomic E-state index is 11.1. The largest absolute Gasteiger partial charge is 0.461 e. The first-order chi connectivity index (χ1) is 11.2. The maximum Gasteiger partial charge on any atom is 0.302 e. The Balaban J connectivity index is 2.98. The van der Waals surface area contributed by atoms with Gasteiger partial charge in [0.15, 0.2) is 0 Å². The van der Waals surface area contributed by atoms with Crippen molar-refractivity contribution in [3.05, 3.63) is 34.4 Å². The van der Waals surface area contributed by atoms with Crippen LogP contribution in [0.3, 0.4) is 0 Å². The lowest BCUT2D eigenvalue weighted by Crippen LogP contribution is -2.39. The molecule has 0 aliphatic carbocycles. The lowest BCUT2D eigenvalue weighted by atomic mass is 10.2. The van der Waals surface area contributed by atoms with Crippen LogP contribution in [0.15, 0.2) is 24.3 Å². The van der Waals surface area contributed by atoms with Crippen molar-refractivity contribution < 1.29 is 24.0 Å². The molecule has 1 aromatic rings.